The second kappa shape index (κ2) is 5.96. The minimum absolute atomic E-state index is 0.231. The van der Waals surface area contributed by atoms with Gasteiger partial charge in [-0.2, -0.15) is 0 Å². The molecule has 2 saturated heterocycles. The number of amides is 1. The molecule has 3 rings (SSSR count). The van der Waals surface area contributed by atoms with Gasteiger partial charge in [-0.15, -0.1) is 0 Å². The van der Waals surface area contributed by atoms with E-state index < -0.39 is 0 Å². The van der Waals surface area contributed by atoms with Crippen LogP contribution in [0.4, 0.5) is 0 Å². The van der Waals surface area contributed by atoms with Crippen LogP contribution in [-0.4, -0.2) is 36.5 Å². The third-order valence-electron chi connectivity index (χ3n) is 4.75. The van der Waals surface area contributed by atoms with Gasteiger partial charge in [0.2, 0.25) is 0 Å². The Bertz CT molecular complexity index is 480. The number of hydrogen-bond donors (Lipinski definition) is 1. The lowest BCUT2D eigenvalue weighted by Gasteiger charge is -2.34. The first-order chi connectivity index (χ1) is 9.75. The molecule has 3 heteroatoms. The first kappa shape index (κ1) is 13.6. The van der Waals surface area contributed by atoms with Crippen molar-refractivity contribution in [3.05, 3.63) is 35.4 Å². The summed E-state index contributed by atoms with van der Waals surface area (Å²) >= 11 is 0. The zero-order valence-electron chi connectivity index (χ0n) is 12.3. The molecule has 2 fully saturated rings. The van der Waals surface area contributed by atoms with Gasteiger partial charge in [0.15, 0.2) is 0 Å². The van der Waals surface area contributed by atoms with Gasteiger partial charge in [-0.25, -0.2) is 0 Å². The molecule has 108 valence electrons. The summed E-state index contributed by atoms with van der Waals surface area (Å²) in [5, 5.41) is 3.42. The molecule has 0 spiro atoms. The Kier molecular flexibility index (Phi) is 4.06. The molecule has 0 radical (unpaired) electrons. The van der Waals surface area contributed by atoms with E-state index >= 15 is 0 Å². The highest BCUT2D eigenvalue weighted by Crippen LogP contribution is 2.30. The predicted molar refractivity (Wildman–Crippen MR) is 80.8 cm³/mol. The monoisotopic (exact) mass is 272 g/mol. The van der Waals surface area contributed by atoms with Crippen molar-refractivity contribution in [1.29, 1.82) is 0 Å². The van der Waals surface area contributed by atoms with E-state index in [-0.39, 0.29) is 5.91 Å². The molecule has 1 amide bonds. The van der Waals surface area contributed by atoms with Gasteiger partial charge in [0.05, 0.1) is 0 Å². The van der Waals surface area contributed by atoms with E-state index in [0.29, 0.717) is 12.0 Å². The van der Waals surface area contributed by atoms with E-state index in [9.17, 15) is 4.79 Å². The van der Waals surface area contributed by atoms with Gasteiger partial charge in [0.1, 0.15) is 0 Å². The number of nitrogens with zero attached hydrogens (tertiary/aromatic N) is 1. The Morgan fingerprint density at radius 1 is 1.25 bits per heavy atom. The average molecular weight is 272 g/mol. The molecule has 1 atom stereocenters. The van der Waals surface area contributed by atoms with Crippen LogP contribution in [0.15, 0.2) is 24.3 Å². The molecule has 1 unspecified atom stereocenters. The van der Waals surface area contributed by atoms with Crippen LogP contribution in [0.5, 0.6) is 0 Å². The summed E-state index contributed by atoms with van der Waals surface area (Å²) in [6.45, 7) is 5.19. The Hall–Kier alpha value is -1.35. The number of benzene rings is 1. The van der Waals surface area contributed by atoms with Gasteiger partial charge in [0.25, 0.3) is 5.91 Å². The van der Waals surface area contributed by atoms with Crippen LogP contribution in [0, 0.1) is 12.8 Å². The summed E-state index contributed by atoms with van der Waals surface area (Å²) in [4.78, 5) is 14.9. The molecule has 2 aliphatic heterocycles. The molecule has 2 heterocycles. The second-order valence-electron chi connectivity index (χ2n) is 6.17. The Morgan fingerprint density at radius 3 is 2.80 bits per heavy atom. The molecular formula is C17H24N2O. The average Bonchev–Trinajstić information content (AvgIpc) is 2.97. The first-order valence-corrected chi connectivity index (χ1v) is 7.84. The molecule has 20 heavy (non-hydrogen) atoms. The van der Waals surface area contributed by atoms with E-state index in [1.54, 1.807) is 0 Å². The zero-order valence-corrected chi connectivity index (χ0v) is 12.3. The summed E-state index contributed by atoms with van der Waals surface area (Å²) in [7, 11) is 0. The van der Waals surface area contributed by atoms with E-state index in [4.69, 9.17) is 0 Å². The highest BCUT2D eigenvalue weighted by atomic mass is 16.2. The van der Waals surface area contributed by atoms with Crippen LogP contribution in [0.1, 0.15) is 41.6 Å². The highest BCUT2D eigenvalue weighted by molar-refractivity contribution is 5.94. The van der Waals surface area contributed by atoms with Crippen LogP contribution < -0.4 is 5.32 Å². The zero-order chi connectivity index (χ0) is 13.9. The summed E-state index contributed by atoms with van der Waals surface area (Å²) in [6.07, 6.45) is 4.76. The number of likely N-dealkylation sites (tertiary alicyclic amines) is 1. The van der Waals surface area contributed by atoms with Crippen molar-refractivity contribution in [2.75, 3.05) is 19.6 Å². The van der Waals surface area contributed by atoms with Crippen molar-refractivity contribution in [2.45, 2.75) is 38.6 Å². The smallest absolute Gasteiger partial charge is 0.254 e. The van der Waals surface area contributed by atoms with Gasteiger partial charge < -0.3 is 10.2 Å². The van der Waals surface area contributed by atoms with Crippen molar-refractivity contribution in [2.24, 2.45) is 5.92 Å². The van der Waals surface area contributed by atoms with Gasteiger partial charge >= 0.3 is 0 Å². The van der Waals surface area contributed by atoms with Crippen molar-refractivity contribution in [1.82, 2.24) is 10.2 Å². The lowest BCUT2D eigenvalue weighted by atomic mass is 9.88. The molecular weight excluding hydrogens is 248 g/mol. The van der Waals surface area contributed by atoms with Crippen LogP contribution >= 0.6 is 0 Å². The Morgan fingerprint density at radius 2 is 2.05 bits per heavy atom. The van der Waals surface area contributed by atoms with Crippen LogP contribution in [0.3, 0.4) is 0 Å². The third-order valence-corrected chi connectivity index (χ3v) is 4.75. The van der Waals surface area contributed by atoms with E-state index in [0.717, 1.165) is 37.2 Å². The van der Waals surface area contributed by atoms with Gasteiger partial charge in [-0.1, -0.05) is 17.7 Å². The lowest BCUT2D eigenvalue weighted by Crippen LogP contribution is -2.43. The molecule has 1 aromatic carbocycles. The third kappa shape index (κ3) is 2.73. The van der Waals surface area contributed by atoms with E-state index in [1.807, 2.05) is 31.2 Å². The van der Waals surface area contributed by atoms with Gasteiger partial charge in [-0.05, 0) is 63.7 Å². The summed E-state index contributed by atoms with van der Waals surface area (Å²) in [6, 6.07) is 8.46. The van der Waals surface area contributed by atoms with Crippen LogP contribution in [-0.2, 0) is 0 Å². The topological polar surface area (TPSA) is 32.3 Å². The highest BCUT2D eigenvalue weighted by Gasteiger charge is 2.35. The van der Waals surface area contributed by atoms with Crippen LogP contribution in [0.2, 0.25) is 0 Å². The Balaban J connectivity index is 1.76. The summed E-state index contributed by atoms with van der Waals surface area (Å²) in [5.74, 6) is 0.919. The number of hydrogen-bond acceptors (Lipinski definition) is 2. The summed E-state index contributed by atoms with van der Waals surface area (Å²) < 4.78 is 0. The lowest BCUT2D eigenvalue weighted by molar-refractivity contribution is 0.0666. The molecule has 0 bridgehead atoms. The van der Waals surface area contributed by atoms with Gasteiger partial charge in [0, 0.05) is 18.2 Å². The molecule has 3 nitrogen and oxygen atoms in total. The number of carbonyl (C=O) groups excluding carboxylic acids is 1. The first-order valence-electron chi connectivity index (χ1n) is 7.84. The van der Waals surface area contributed by atoms with Crippen molar-refractivity contribution < 1.29 is 4.79 Å². The maximum atomic E-state index is 12.8. The molecule has 1 N–H and O–H groups in total. The number of piperidine rings is 1. The number of aryl methyl sites for hydroxylation is 1. The molecule has 2 aliphatic rings. The predicted octanol–water partition coefficient (Wildman–Crippen LogP) is 2.60. The SMILES string of the molecule is Cc1cccc(C(=O)N2CCCC2C2CCNCC2)c1. The van der Waals surface area contributed by atoms with Crippen LogP contribution in [0.25, 0.3) is 0 Å². The molecule has 0 aliphatic carbocycles. The van der Waals surface area contributed by atoms with Gasteiger partial charge in [-0.3, -0.25) is 4.79 Å². The van der Waals surface area contributed by atoms with E-state index in [2.05, 4.69) is 10.2 Å². The fraction of sp³-hybridized carbons (Fsp3) is 0.588. The quantitative estimate of drug-likeness (QED) is 0.897. The number of rotatable bonds is 2. The minimum atomic E-state index is 0.231. The normalized spacial score (nSPS) is 24.1. The fourth-order valence-electron chi connectivity index (χ4n) is 3.71. The largest absolute Gasteiger partial charge is 0.335 e. The molecule has 0 aromatic heterocycles. The maximum Gasteiger partial charge on any atom is 0.254 e. The standard InChI is InChI=1S/C17H24N2O/c1-13-4-2-5-15(12-13)17(20)19-11-3-6-16(19)14-7-9-18-10-8-14/h2,4-5,12,14,16,18H,3,6-11H2,1H3. The Labute approximate surface area is 121 Å². The maximum absolute atomic E-state index is 12.8. The molecule has 1 aromatic rings. The summed E-state index contributed by atoms with van der Waals surface area (Å²) in [5.41, 5.74) is 2.01. The van der Waals surface area contributed by atoms with Crippen molar-refractivity contribution >= 4 is 5.91 Å². The van der Waals surface area contributed by atoms with Crippen molar-refractivity contribution in [3.8, 4) is 0 Å². The minimum Gasteiger partial charge on any atom is -0.335 e. The second-order valence-corrected chi connectivity index (χ2v) is 6.17. The fourth-order valence-corrected chi connectivity index (χ4v) is 3.71. The number of nitrogens with one attached hydrogen (secondary N) is 1. The van der Waals surface area contributed by atoms with Crippen molar-refractivity contribution in [3.63, 3.8) is 0 Å². The molecule has 0 saturated carbocycles. The number of carbonyl (C=O) groups is 1. The van der Waals surface area contributed by atoms with E-state index in [1.165, 1.54) is 19.3 Å².